The van der Waals surface area contributed by atoms with Gasteiger partial charge in [0.05, 0.1) is 12.6 Å². The van der Waals surface area contributed by atoms with Crippen LogP contribution < -0.4 is 10.6 Å². The monoisotopic (exact) mass is 329 g/mol. The SMILES string of the molecule is O=C(NCc1nnc2n1CCCCC2)NCC(O)c1ccccc1. The molecule has 0 aliphatic carbocycles. The van der Waals surface area contributed by atoms with Crippen molar-refractivity contribution in [2.75, 3.05) is 6.54 Å². The van der Waals surface area contributed by atoms with Gasteiger partial charge in [-0.25, -0.2) is 4.79 Å². The number of carbonyl (C=O) groups excluding carboxylic acids is 1. The molecule has 1 aromatic carbocycles. The molecule has 7 nitrogen and oxygen atoms in total. The van der Waals surface area contributed by atoms with Crippen molar-refractivity contribution in [2.24, 2.45) is 0 Å². The maximum absolute atomic E-state index is 11.9. The van der Waals surface area contributed by atoms with Gasteiger partial charge in [-0.1, -0.05) is 36.8 Å². The number of urea groups is 1. The molecule has 7 heteroatoms. The van der Waals surface area contributed by atoms with Gasteiger partial charge in [0.25, 0.3) is 0 Å². The van der Waals surface area contributed by atoms with Crippen LogP contribution >= 0.6 is 0 Å². The third kappa shape index (κ3) is 4.11. The van der Waals surface area contributed by atoms with E-state index < -0.39 is 6.10 Å². The summed E-state index contributed by atoms with van der Waals surface area (Å²) in [6.07, 6.45) is 3.69. The van der Waals surface area contributed by atoms with Crippen molar-refractivity contribution < 1.29 is 9.90 Å². The van der Waals surface area contributed by atoms with Crippen LogP contribution in [-0.2, 0) is 19.5 Å². The van der Waals surface area contributed by atoms with Crippen molar-refractivity contribution in [3.8, 4) is 0 Å². The zero-order valence-electron chi connectivity index (χ0n) is 13.6. The molecule has 128 valence electrons. The number of aryl methyl sites for hydroxylation is 1. The second-order valence-electron chi connectivity index (χ2n) is 5.98. The molecule has 24 heavy (non-hydrogen) atoms. The van der Waals surface area contributed by atoms with Gasteiger partial charge in [-0.15, -0.1) is 10.2 Å². The van der Waals surface area contributed by atoms with Crippen molar-refractivity contribution in [2.45, 2.75) is 44.9 Å². The van der Waals surface area contributed by atoms with Crippen molar-refractivity contribution in [1.82, 2.24) is 25.4 Å². The van der Waals surface area contributed by atoms with Crippen molar-refractivity contribution in [3.63, 3.8) is 0 Å². The molecule has 2 aromatic rings. The highest BCUT2D eigenvalue weighted by Gasteiger charge is 2.15. The number of carbonyl (C=O) groups is 1. The van der Waals surface area contributed by atoms with Gasteiger partial charge in [-0.05, 0) is 18.4 Å². The minimum absolute atomic E-state index is 0.161. The normalized spacial score (nSPS) is 15.2. The molecule has 2 heterocycles. The molecule has 1 atom stereocenters. The highest BCUT2D eigenvalue weighted by atomic mass is 16.3. The standard InChI is InChI=1S/C17H23N5O2/c23-14(13-7-3-1-4-8-13)11-18-17(24)19-12-16-21-20-15-9-5-2-6-10-22(15)16/h1,3-4,7-8,14,23H,2,5-6,9-12H2,(H2,18,19,24). The van der Waals surface area contributed by atoms with Gasteiger partial charge < -0.3 is 20.3 Å². The third-order valence-electron chi connectivity index (χ3n) is 4.23. The smallest absolute Gasteiger partial charge is 0.315 e. The van der Waals surface area contributed by atoms with Crippen LogP contribution in [0.15, 0.2) is 30.3 Å². The van der Waals surface area contributed by atoms with Crippen LogP contribution in [-0.4, -0.2) is 32.4 Å². The molecular formula is C17H23N5O2. The fraction of sp³-hybridized carbons (Fsp3) is 0.471. The first kappa shape index (κ1) is 16.4. The lowest BCUT2D eigenvalue weighted by Gasteiger charge is -2.13. The largest absolute Gasteiger partial charge is 0.387 e. The average Bonchev–Trinajstić information content (AvgIpc) is 2.85. The quantitative estimate of drug-likeness (QED) is 0.776. The van der Waals surface area contributed by atoms with Gasteiger partial charge in [-0.3, -0.25) is 0 Å². The minimum atomic E-state index is -0.721. The highest BCUT2D eigenvalue weighted by molar-refractivity contribution is 5.73. The van der Waals surface area contributed by atoms with Crippen LogP contribution in [0.5, 0.6) is 0 Å². The molecule has 1 aliphatic rings. The first-order valence-corrected chi connectivity index (χ1v) is 8.39. The molecule has 0 radical (unpaired) electrons. The molecule has 1 aliphatic heterocycles. The van der Waals surface area contributed by atoms with Gasteiger partial charge >= 0.3 is 6.03 Å². The fourth-order valence-electron chi connectivity index (χ4n) is 2.88. The molecule has 1 unspecified atom stereocenters. The zero-order chi connectivity index (χ0) is 16.8. The van der Waals surface area contributed by atoms with E-state index >= 15 is 0 Å². The number of hydrogen-bond donors (Lipinski definition) is 3. The number of hydrogen-bond acceptors (Lipinski definition) is 4. The van der Waals surface area contributed by atoms with Crippen LogP contribution in [0.1, 0.15) is 42.6 Å². The number of nitrogens with one attached hydrogen (secondary N) is 2. The molecule has 3 N–H and O–H groups in total. The van der Waals surface area contributed by atoms with Crippen molar-refractivity contribution in [3.05, 3.63) is 47.5 Å². The number of aliphatic hydroxyl groups is 1. The van der Waals surface area contributed by atoms with Gasteiger partial charge in [0, 0.05) is 19.5 Å². The van der Waals surface area contributed by atoms with E-state index in [4.69, 9.17) is 0 Å². The van der Waals surface area contributed by atoms with E-state index in [9.17, 15) is 9.90 Å². The van der Waals surface area contributed by atoms with Gasteiger partial charge in [0.1, 0.15) is 5.82 Å². The number of benzene rings is 1. The second kappa shape index (κ2) is 7.92. The zero-order valence-corrected chi connectivity index (χ0v) is 13.6. The van der Waals surface area contributed by atoms with Crippen LogP contribution in [0.25, 0.3) is 0 Å². The van der Waals surface area contributed by atoms with Gasteiger partial charge in [0.2, 0.25) is 0 Å². The predicted molar refractivity (Wildman–Crippen MR) is 89.2 cm³/mol. The third-order valence-corrected chi connectivity index (χ3v) is 4.23. The fourth-order valence-corrected chi connectivity index (χ4v) is 2.88. The lowest BCUT2D eigenvalue weighted by atomic mass is 10.1. The number of aromatic nitrogens is 3. The van der Waals surface area contributed by atoms with Crippen molar-refractivity contribution in [1.29, 1.82) is 0 Å². The Hall–Kier alpha value is -2.41. The molecule has 0 fully saturated rings. The van der Waals surface area contributed by atoms with Crippen LogP contribution in [0.3, 0.4) is 0 Å². The highest BCUT2D eigenvalue weighted by Crippen LogP contribution is 2.14. The van der Waals surface area contributed by atoms with E-state index in [-0.39, 0.29) is 12.6 Å². The summed E-state index contributed by atoms with van der Waals surface area (Å²) in [5.74, 6) is 1.79. The van der Waals surface area contributed by atoms with E-state index in [1.807, 2.05) is 30.3 Å². The molecular weight excluding hydrogens is 306 g/mol. The Morgan fingerprint density at radius 3 is 2.83 bits per heavy atom. The number of nitrogens with zero attached hydrogens (tertiary/aromatic N) is 3. The topological polar surface area (TPSA) is 92.1 Å². The first-order chi connectivity index (χ1) is 11.7. The van der Waals surface area contributed by atoms with Crippen molar-refractivity contribution >= 4 is 6.03 Å². The predicted octanol–water partition coefficient (Wildman–Crippen LogP) is 1.54. The Morgan fingerprint density at radius 2 is 2.00 bits per heavy atom. The summed E-state index contributed by atoms with van der Waals surface area (Å²) in [5.41, 5.74) is 0.778. The maximum atomic E-state index is 11.9. The molecule has 1 aromatic heterocycles. The summed E-state index contributed by atoms with van der Waals surface area (Å²) in [5, 5.41) is 23.9. The Morgan fingerprint density at radius 1 is 1.17 bits per heavy atom. The molecule has 0 bridgehead atoms. The van der Waals surface area contributed by atoms with Crippen LogP contribution in [0.2, 0.25) is 0 Å². The molecule has 0 saturated heterocycles. The summed E-state index contributed by atoms with van der Waals surface area (Å²) >= 11 is 0. The molecule has 2 amide bonds. The minimum Gasteiger partial charge on any atom is -0.387 e. The summed E-state index contributed by atoms with van der Waals surface area (Å²) < 4.78 is 2.10. The Balaban J connectivity index is 1.47. The van der Waals surface area contributed by atoms with E-state index in [0.29, 0.717) is 6.54 Å². The number of aliphatic hydroxyl groups excluding tert-OH is 1. The van der Waals surface area contributed by atoms with Gasteiger partial charge in [0.15, 0.2) is 5.82 Å². The number of rotatable bonds is 5. The molecule has 0 saturated carbocycles. The molecule has 0 spiro atoms. The van der Waals surface area contributed by atoms with Gasteiger partial charge in [-0.2, -0.15) is 0 Å². The first-order valence-electron chi connectivity index (χ1n) is 8.39. The lowest BCUT2D eigenvalue weighted by Crippen LogP contribution is -2.38. The number of fused-ring (bicyclic) bond motifs is 1. The summed E-state index contributed by atoms with van der Waals surface area (Å²) in [7, 11) is 0. The Kier molecular flexibility index (Phi) is 5.43. The lowest BCUT2D eigenvalue weighted by molar-refractivity contribution is 0.173. The Bertz CT molecular complexity index is 671. The van der Waals surface area contributed by atoms with E-state index in [2.05, 4.69) is 25.4 Å². The number of amides is 2. The van der Waals surface area contributed by atoms with Crippen LogP contribution in [0.4, 0.5) is 4.79 Å². The second-order valence-corrected chi connectivity index (χ2v) is 5.98. The molecule has 3 rings (SSSR count). The maximum Gasteiger partial charge on any atom is 0.315 e. The van der Waals surface area contributed by atoms with E-state index in [0.717, 1.165) is 43.0 Å². The van der Waals surface area contributed by atoms with E-state index in [1.165, 1.54) is 6.42 Å². The average molecular weight is 329 g/mol. The summed E-state index contributed by atoms with van der Waals surface area (Å²) in [6, 6.07) is 8.94. The van der Waals surface area contributed by atoms with E-state index in [1.54, 1.807) is 0 Å². The summed E-state index contributed by atoms with van der Waals surface area (Å²) in [6.45, 7) is 1.40. The summed E-state index contributed by atoms with van der Waals surface area (Å²) in [4.78, 5) is 11.9. The Labute approximate surface area is 141 Å². The van der Waals surface area contributed by atoms with Crippen LogP contribution in [0, 0.1) is 0 Å².